The van der Waals surface area contributed by atoms with Crippen molar-refractivity contribution >= 4 is 36.5 Å². The standard InChI is InChI=1S/C26H34FN5O2.2ClH/c1-16-13-20(33)23-21(16)24(29-15-28-23)31-9-11-32(12-10-31)25(34)22(17-5-4-6-18(27)14-17)19-7-8-26(2,3)30-19;;/h4-6,14-16,19-20,22,30,33H,7-13H2,1-3H3;2*1H/t16-,19+,20-,22+;;/m1../s1. The van der Waals surface area contributed by atoms with E-state index in [2.05, 4.69) is 41.0 Å². The molecule has 1 aromatic carbocycles. The number of hydrogen-bond acceptors (Lipinski definition) is 6. The van der Waals surface area contributed by atoms with Crippen molar-refractivity contribution in [2.45, 2.75) is 69.6 Å². The van der Waals surface area contributed by atoms with Crippen LogP contribution < -0.4 is 10.2 Å². The Morgan fingerprint density at radius 2 is 1.92 bits per heavy atom. The maximum absolute atomic E-state index is 14.1. The molecule has 198 valence electrons. The highest BCUT2D eigenvalue weighted by Crippen LogP contribution is 2.43. The van der Waals surface area contributed by atoms with Gasteiger partial charge in [-0.25, -0.2) is 14.4 Å². The summed E-state index contributed by atoms with van der Waals surface area (Å²) < 4.78 is 14.1. The third kappa shape index (κ3) is 5.47. The number of nitrogens with zero attached hydrogens (tertiary/aromatic N) is 4. The van der Waals surface area contributed by atoms with Crippen molar-refractivity contribution in [2.75, 3.05) is 31.1 Å². The van der Waals surface area contributed by atoms with Gasteiger partial charge in [-0.3, -0.25) is 4.79 Å². The van der Waals surface area contributed by atoms with Crippen LogP contribution in [0.5, 0.6) is 0 Å². The number of anilines is 1. The molecule has 0 saturated carbocycles. The molecule has 0 spiro atoms. The average Bonchev–Trinajstić information content (AvgIpc) is 3.32. The lowest BCUT2D eigenvalue weighted by molar-refractivity contribution is -0.133. The smallest absolute Gasteiger partial charge is 0.231 e. The lowest BCUT2D eigenvalue weighted by Gasteiger charge is -2.39. The molecule has 2 N–H and O–H groups in total. The van der Waals surface area contributed by atoms with Crippen LogP contribution in [-0.4, -0.2) is 63.6 Å². The van der Waals surface area contributed by atoms with Crippen LogP contribution in [0.25, 0.3) is 0 Å². The minimum absolute atomic E-state index is 0. The number of carbonyl (C=O) groups excluding carboxylic acids is 1. The molecule has 4 atom stereocenters. The van der Waals surface area contributed by atoms with E-state index in [0.29, 0.717) is 32.6 Å². The number of hydrogen-bond donors (Lipinski definition) is 2. The van der Waals surface area contributed by atoms with Crippen LogP contribution in [0.1, 0.15) is 74.8 Å². The second-order valence-electron chi connectivity index (χ2n) is 10.7. The highest BCUT2D eigenvalue weighted by Gasteiger charge is 2.41. The van der Waals surface area contributed by atoms with Gasteiger partial charge in [-0.15, -0.1) is 24.8 Å². The summed E-state index contributed by atoms with van der Waals surface area (Å²) in [5.41, 5.74) is 2.46. The average molecular weight is 541 g/mol. The van der Waals surface area contributed by atoms with Gasteiger partial charge < -0.3 is 20.2 Å². The Morgan fingerprint density at radius 1 is 1.19 bits per heavy atom. The van der Waals surface area contributed by atoms with Gasteiger partial charge in [0.05, 0.1) is 17.7 Å². The first-order valence-electron chi connectivity index (χ1n) is 12.3. The Balaban J connectivity index is 0.00000180. The largest absolute Gasteiger partial charge is 0.387 e. The molecule has 2 aliphatic heterocycles. The maximum Gasteiger partial charge on any atom is 0.231 e. The number of carbonyl (C=O) groups is 1. The number of nitrogens with one attached hydrogen (secondary N) is 1. The second-order valence-corrected chi connectivity index (χ2v) is 10.7. The van der Waals surface area contributed by atoms with Crippen molar-refractivity contribution in [3.8, 4) is 0 Å². The molecular weight excluding hydrogens is 504 g/mol. The molecule has 1 aliphatic carbocycles. The van der Waals surface area contributed by atoms with E-state index in [1.54, 1.807) is 6.07 Å². The van der Waals surface area contributed by atoms with Gasteiger partial charge in [0.25, 0.3) is 0 Å². The zero-order valence-corrected chi connectivity index (χ0v) is 22.6. The topological polar surface area (TPSA) is 81.6 Å². The molecule has 36 heavy (non-hydrogen) atoms. The Hall–Kier alpha value is -2.00. The summed E-state index contributed by atoms with van der Waals surface area (Å²) in [6.07, 6.45) is 3.52. The van der Waals surface area contributed by atoms with Crippen molar-refractivity contribution in [3.05, 3.63) is 53.2 Å². The number of aliphatic hydroxyl groups excluding tert-OH is 1. The van der Waals surface area contributed by atoms with Crippen molar-refractivity contribution in [1.29, 1.82) is 0 Å². The molecule has 2 saturated heterocycles. The van der Waals surface area contributed by atoms with Gasteiger partial charge >= 0.3 is 0 Å². The first kappa shape index (κ1) is 28.6. The first-order chi connectivity index (χ1) is 16.2. The fourth-order valence-electron chi connectivity index (χ4n) is 5.95. The van der Waals surface area contributed by atoms with Crippen LogP contribution in [0.4, 0.5) is 10.2 Å². The molecule has 2 fully saturated rings. The highest BCUT2D eigenvalue weighted by atomic mass is 35.5. The summed E-state index contributed by atoms with van der Waals surface area (Å²) in [6, 6.07) is 6.46. The first-order valence-corrected chi connectivity index (χ1v) is 12.3. The van der Waals surface area contributed by atoms with E-state index >= 15 is 0 Å². The summed E-state index contributed by atoms with van der Waals surface area (Å²) in [7, 11) is 0. The minimum Gasteiger partial charge on any atom is -0.387 e. The third-order valence-corrected chi connectivity index (χ3v) is 7.70. The SMILES string of the molecule is C[C@@H]1C[C@@H](O)c2ncnc(N3CCN(C(=O)[C@@H](c4cccc(F)c4)[C@@H]4CCC(C)(C)N4)CC3)c21.Cl.Cl. The molecule has 1 amide bonds. The van der Waals surface area contributed by atoms with Crippen LogP contribution >= 0.6 is 24.8 Å². The summed E-state index contributed by atoms with van der Waals surface area (Å²) in [5, 5.41) is 13.9. The molecule has 3 aliphatic rings. The van der Waals surface area contributed by atoms with Gasteiger partial charge in [-0.2, -0.15) is 0 Å². The summed E-state index contributed by atoms with van der Waals surface area (Å²) in [4.78, 5) is 26.8. The quantitative estimate of drug-likeness (QED) is 0.611. The number of amides is 1. The van der Waals surface area contributed by atoms with Gasteiger partial charge in [0.15, 0.2) is 0 Å². The Bertz CT molecular complexity index is 1080. The van der Waals surface area contributed by atoms with E-state index in [4.69, 9.17) is 0 Å². The number of piperazine rings is 1. The molecule has 10 heteroatoms. The lowest BCUT2D eigenvalue weighted by Crippen LogP contribution is -2.53. The van der Waals surface area contributed by atoms with E-state index in [1.807, 2.05) is 11.0 Å². The maximum atomic E-state index is 14.1. The van der Waals surface area contributed by atoms with Crippen LogP contribution in [0.3, 0.4) is 0 Å². The molecule has 0 bridgehead atoms. The van der Waals surface area contributed by atoms with Crippen LogP contribution in [0, 0.1) is 5.82 Å². The Morgan fingerprint density at radius 3 is 2.56 bits per heavy atom. The monoisotopic (exact) mass is 539 g/mol. The predicted molar refractivity (Wildman–Crippen MR) is 143 cm³/mol. The molecule has 5 rings (SSSR count). The van der Waals surface area contributed by atoms with E-state index < -0.39 is 12.0 Å². The lowest BCUT2D eigenvalue weighted by atomic mass is 9.88. The van der Waals surface area contributed by atoms with Crippen LogP contribution in [0.15, 0.2) is 30.6 Å². The van der Waals surface area contributed by atoms with E-state index in [9.17, 15) is 14.3 Å². The van der Waals surface area contributed by atoms with Crippen molar-refractivity contribution < 1.29 is 14.3 Å². The van der Waals surface area contributed by atoms with Crippen molar-refractivity contribution in [2.24, 2.45) is 0 Å². The van der Waals surface area contributed by atoms with Gasteiger partial charge in [0, 0.05) is 43.3 Å². The molecule has 0 unspecified atom stereocenters. The second kappa shape index (κ2) is 11.2. The number of halogens is 3. The third-order valence-electron chi connectivity index (χ3n) is 7.70. The number of aliphatic hydroxyl groups is 1. The fourth-order valence-corrected chi connectivity index (χ4v) is 5.95. The van der Waals surface area contributed by atoms with E-state index in [1.165, 1.54) is 18.5 Å². The zero-order valence-electron chi connectivity index (χ0n) is 21.0. The van der Waals surface area contributed by atoms with Crippen molar-refractivity contribution in [3.63, 3.8) is 0 Å². The molecule has 7 nitrogen and oxygen atoms in total. The summed E-state index contributed by atoms with van der Waals surface area (Å²) >= 11 is 0. The van der Waals surface area contributed by atoms with E-state index in [0.717, 1.165) is 35.5 Å². The van der Waals surface area contributed by atoms with Gasteiger partial charge in [-0.1, -0.05) is 19.1 Å². The number of rotatable bonds is 4. The molecule has 1 aromatic heterocycles. The zero-order chi connectivity index (χ0) is 24.0. The van der Waals surface area contributed by atoms with E-state index in [-0.39, 0.29) is 54.0 Å². The molecule has 2 aromatic rings. The minimum atomic E-state index is -0.537. The molecule has 3 heterocycles. The van der Waals surface area contributed by atoms with Crippen LogP contribution in [0.2, 0.25) is 0 Å². The van der Waals surface area contributed by atoms with Crippen LogP contribution in [-0.2, 0) is 4.79 Å². The summed E-state index contributed by atoms with van der Waals surface area (Å²) in [5.74, 6) is 0.406. The predicted octanol–water partition coefficient (Wildman–Crippen LogP) is 3.96. The number of benzene rings is 1. The van der Waals surface area contributed by atoms with Crippen molar-refractivity contribution in [1.82, 2.24) is 20.2 Å². The van der Waals surface area contributed by atoms with Gasteiger partial charge in [-0.05, 0) is 56.7 Å². The van der Waals surface area contributed by atoms with Gasteiger partial charge in [0.1, 0.15) is 18.0 Å². The Labute approximate surface area is 224 Å². The van der Waals surface area contributed by atoms with Gasteiger partial charge in [0.2, 0.25) is 5.91 Å². The normalized spacial score (nSPS) is 25.5. The fraction of sp³-hybridized carbons (Fsp3) is 0.577. The highest BCUT2D eigenvalue weighted by molar-refractivity contribution is 5.86. The molecule has 0 radical (unpaired) electrons. The number of fused-ring (bicyclic) bond motifs is 1. The summed E-state index contributed by atoms with van der Waals surface area (Å²) in [6.45, 7) is 8.89. The molecular formula is C26H36Cl2FN5O2. The Kier molecular flexibility index (Phi) is 8.87. The number of aromatic nitrogens is 2.